The first-order valence-electron chi connectivity index (χ1n) is 5.20. The quantitative estimate of drug-likeness (QED) is 0.761. The molecule has 0 spiro atoms. The van der Waals surface area contributed by atoms with Gasteiger partial charge in [-0.05, 0) is 37.9 Å². The van der Waals surface area contributed by atoms with Gasteiger partial charge in [-0.3, -0.25) is 0 Å². The highest BCUT2D eigenvalue weighted by molar-refractivity contribution is 5.17. The molecule has 0 saturated heterocycles. The Morgan fingerprint density at radius 1 is 1.36 bits per heavy atom. The molecule has 0 aliphatic heterocycles. The Labute approximate surface area is 85.3 Å². The normalized spacial score (nSPS) is 12.8. The Morgan fingerprint density at radius 3 is 2.71 bits per heavy atom. The Hall–Kier alpha value is -0.890. The maximum Gasteiger partial charge on any atom is 0.126 e. The van der Waals surface area contributed by atoms with Gasteiger partial charge in [-0.25, -0.2) is 4.39 Å². The number of nitrogens with one attached hydrogen (secondary N) is 1. The van der Waals surface area contributed by atoms with E-state index in [0.717, 1.165) is 24.9 Å². The first-order valence-corrected chi connectivity index (χ1v) is 5.20. The first kappa shape index (κ1) is 11.2. The standard InChI is InChI=1S/C12H18FN/c1-3-10(2)14-9-8-11-6-4-5-7-12(11)13/h4-7,10,14H,3,8-9H2,1-2H3/t10-/m1/s1. The van der Waals surface area contributed by atoms with E-state index in [2.05, 4.69) is 19.2 Å². The average Bonchev–Trinajstić information content (AvgIpc) is 2.20. The Bertz CT molecular complexity index is 273. The van der Waals surface area contributed by atoms with E-state index in [1.54, 1.807) is 6.07 Å². The zero-order valence-electron chi connectivity index (χ0n) is 8.89. The highest BCUT2D eigenvalue weighted by Crippen LogP contribution is 2.06. The van der Waals surface area contributed by atoms with Crippen molar-refractivity contribution in [2.75, 3.05) is 6.54 Å². The Kier molecular flexibility index (Phi) is 4.60. The van der Waals surface area contributed by atoms with Crippen molar-refractivity contribution in [1.29, 1.82) is 0 Å². The number of halogens is 1. The molecule has 1 nitrogen and oxygen atoms in total. The Morgan fingerprint density at radius 2 is 2.07 bits per heavy atom. The van der Waals surface area contributed by atoms with Crippen LogP contribution in [0.2, 0.25) is 0 Å². The molecule has 0 fully saturated rings. The third-order valence-corrected chi connectivity index (χ3v) is 2.46. The van der Waals surface area contributed by atoms with E-state index in [0.29, 0.717) is 6.04 Å². The molecule has 0 heterocycles. The van der Waals surface area contributed by atoms with Gasteiger partial charge in [0, 0.05) is 6.04 Å². The van der Waals surface area contributed by atoms with Gasteiger partial charge in [0.2, 0.25) is 0 Å². The maximum atomic E-state index is 13.2. The molecule has 14 heavy (non-hydrogen) atoms. The molecule has 0 unspecified atom stereocenters. The van der Waals surface area contributed by atoms with Crippen LogP contribution in [0.4, 0.5) is 4.39 Å². The number of hydrogen-bond acceptors (Lipinski definition) is 1. The molecule has 1 rings (SSSR count). The molecule has 1 atom stereocenters. The predicted octanol–water partition coefficient (Wildman–Crippen LogP) is 2.76. The van der Waals surface area contributed by atoms with Gasteiger partial charge in [0.05, 0.1) is 0 Å². The fourth-order valence-electron chi connectivity index (χ4n) is 1.30. The molecule has 1 aromatic rings. The molecule has 0 bridgehead atoms. The second-order valence-electron chi connectivity index (χ2n) is 3.60. The van der Waals surface area contributed by atoms with E-state index in [-0.39, 0.29) is 5.82 Å². The van der Waals surface area contributed by atoms with Crippen LogP contribution in [0.1, 0.15) is 25.8 Å². The van der Waals surface area contributed by atoms with Crippen LogP contribution in [0.25, 0.3) is 0 Å². The lowest BCUT2D eigenvalue weighted by Gasteiger charge is -2.11. The predicted molar refractivity (Wildman–Crippen MR) is 57.9 cm³/mol. The fourth-order valence-corrected chi connectivity index (χ4v) is 1.30. The van der Waals surface area contributed by atoms with Crippen LogP contribution in [0, 0.1) is 5.82 Å². The summed E-state index contributed by atoms with van der Waals surface area (Å²) in [6.07, 6.45) is 1.87. The van der Waals surface area contributed by atoms with Crippen molar-refractivity contribution in [2.24, 2.45) is 0 Å². The van der Waals surface area contributed by atoms with E-state index >= 15 is 0 Å². The summed E-state index contributed by atoms with van der Waals surface area (Å²) in [4.78, 5) is 0. The number of rotatable bonds is 5. The zero-order chi connectivity index (χ0) is 10.4. The van der Waals surface area contributed by atoms with E-state index in [9.17, 15) is 4.39 Å². The fraction of sp³-hybridized carbons (Fsp3) is 0.500. The van der Waals surface area contributed by atoms with Crippen molar-refractivity contribution in [3.63, 3.8) is 0 Å². The first-order chi connectivity index (χ1) is 6.74. The number of hydrogen-bond donors (Lipinski definition) is 1. The van der Waals surface area contributed by atoms with E-state index in [4.69, 9.17) is 0 Å². The lowest BCUT2D eigenvalue weighted by Crippen LogP contribution is -2.27. The van der Waals surface area contributed by atoms with Crippen molar-refractivity contribution in [3.05, 3.63) is 35.6 Å². The van der Waals surface area contributed by atoms with Crippen molar-refractivity contribution < 1.29 is 4.39 Å². The second kappa shape index (κ2) is 5.76. The molecule has 0 aliphatic rings. The molecule has 0 saturated carbocycles. The van der Waals surface area contributed by atoms with E-state index in [1.165, 1.54) is 6.07 Å². The smallest absolute Gasteiger partial charge is 0.126 e. The van der Waals surface area contributed by atoms with Gasteiger partial charge in [0.1, 0.15) is 5.82 Å². The van der Waals surface area contributed by atoms with Crippen LogP contribution in [-0.4, -0.2) is 12.6 Å². The van der Waals surface area contributed by atoms with Crippen LogP contribution >= 0.6 is 0 Å². The monoisotopic (exact) mass is 195 g/mol. The van der Waals surface area contributed by atoms with Crippen molar-refractivity contribution in [2.45, 2.75) is 32.7 Å². The minimum atomic E-state index is -0.0987. The minimum absolute atomic E-state index is 0.0987. The summed E-state index contributed by atoms with van der Waals surface area (Å²) in [6.45, 7) is 5.12. The molecule has 0 aliphatic carbocycles. The highest BCUT2D eigenvalue weighted by atomic mass is 19.1. The summed E-state index contributed by atoms with van der Waals surface area (Å²) >= 11 is 0. The topological polar surface area (TPSA) is 12.0 Å². The van der Waals surface area contributed by atoms with Crippen molar-refractivity contribution in [3.8, 4) is 0 Å². The van der Waals surface area contributed by atoms with Crippen molar-refractivity contribution in [1.82, 2.24) is 5.32 Å². The van der Waals surface area contributed by atoms with E-state index in [1.807, 2.05) is 12.1 Å². The molecule has 1 N–H and O–H groups in total. The van der Waals surface area contributed by atoms with Crippen LogP contribution in [0.15, 0.2) is 24.3 Å². The van der Waals surface area contributed by atoms with Gasteiger partial charge in [-0.2, -0.15) is 0 Å². The molecule has 78 valence electrons. The summed E-state index contributed by atoms with van der Waals surface area (Å²) in [7, 11) is 0. The van der Waals surface area contributed by atoms with Gasteiger partial charge in [0.15, 0.2) is 0 Å². The lowest BCUT2D eigenvalue weighted by molar-refractivity contribution is 0.529. The molecule has 1 aromatic carbocycles. The van der Waals surface area contributed by atoms with Gasteiger partial charge < -0.3 is 5.32 Å². The van der Waals surface area contributed by atoms with Gasteiger partial charge in [-0.1, -0.05) is 25.1 Å². The van der Waals surface area contributed by atoms with Crippen LogP contribution in [0.3, 0.4) is 0 Å². The molecule has 0 aromatic heterocycles. The molecular formula is C12H18FN. The summed E-state index contributed by atoms with van der Waals surface area (Å²) in [6, 6.07) is 7.47. The van der Waals surface area contributed by atoms with Crippen LogP contribution in [0.5, 0.6) is 0 Å². The molecule has 0 radical (unpaired) electrons. The summed E-state index contributed by atoms with van der Waals surface area (Å²) in [5.41, 5.74) is 0.795. The third-order valence-electron chi connectivity index (χ3n) is 2.46. The van der Waals surface area contributed by atoms with Crippen molar-refractivity contribution >= 4 is 0 Å². The highest BCUT2D eigenvalue weighted by Gasteiger charge is 2.01. The maximum absolute atomic E-state index is 13.2. The SMILES string of the molecule is CC[C@@H](C)NCCc1ccccc1F. The van der Waals surface area contributed by atoms with E-state index < -0.39 is 0 Å². The molecule has 0 amide bonds. The largest absolute Gasteiger partial charge is 0.314 e. The minimum Gasteiger partial charge on any atom is -0.314 e. The number of benzene rings is 1. The average molecular weight is 195 g/mol. The molecular weight excluding hydrogens is 177 g/mol. The summed E-state index contributed by atoms with van der Waals surface area (Å²) in [5, 5.41) is 3.34. The van der Waals surface area contributed by atoms with Gasteiger partial charge in [0.25, 0.3) is 0 Å². The molecule has 2 heteroatoms. The van der Waals surface area contributed by atoms with Gasteiger partial charge in [-0.15, -0.1) is 0 Å². The van der Waals surface area contributed by atoms with Crippen LogP contribution < -0.4 is 5.32 Å². The van der Waals surface area contributed by atoms with Gasteiger partial charge >= 0.3 is 0 Å². The van der Waals surface area contributed by atoms with Crippen LogP contribution in [-0.2, 0) is 6.42 Å². The second-order valence-corrected chi connectivity index (χ2v) is 3.60. The lowest BCUT2D eigenvalue weighted by atomic mass is 10.1. The summed E-state index contributed by atoms with van der Waals surface area (Å²) in [5.74, 6) is -0.0987. The third kappa shape index (κ3) is 3.46. The Balaban J connectivity index is 2.35. The summed E-state index contributed by atoms with van der Waals surface area (Å²) < 4.78 is 13.2. The zero-order valence-corrected chi connectivity index (χ0v) is 8.89.